The molecular formula is C12H25N3O. The minimum Gasteiger partial charge on any atom is -0.355 e. The van der Waals surface area contributed by atoms with Crippen molar-refractivity contribution in [2.45, 2.75) is 20.8 Å². The Morgan fingerprint density at radius 2 is 2.06 bits per heavy atom. The van der Waals surface area contributed by atoms with Crippen molar-refractivity contribution in [3.63, 3.8) is 0 Å². The van der Waals surface area contributed by atoms with Crippen molar-refractivity contribution < 1.29 is 4.79 Å². The van der Waals surface area contributed by atoms with Crippen LogP contribution in [0.3, 0.4) is 0 Å². The van der Waals surface area contributed by atoms with E-state index in [1.165, 1.54) is 0 Å². The standard InChI is InChI=1S/C12H25N3O/c1-4-15(5-2)7-6-14-12(16)10(3)11-8-13-9-11/h10-11,13H,4-9H2,1-3H3,(H,14,16). The van der Waals surface area contributed by atoms with Crippen LogP contribution in [0.1, 0.15) is 20.8 Å². The summed E-state index contributed by atoms with van der Waals surface area (Å²) in [6, 6.07) is 0. The van der Waals surface area contributed by atoms with E-state index in [0.717, 1.165) is 39.3 Å². The summed E-state index contributed by atoms with van der Waals surface area (Å²) < 4.78 is 0. The molecule has 1 unspecified atom stereocenters. The van der Waals surface area contributed by atoms with E-state index < -0.39 is 0 Å². The number of hydrogen-bond acceptors (Lipinski definition) is 3. The zero-order chi connectivity index (χ0) is 12.0. The van der Waals surface area contributed by atoms with Crippen LogP contribution in [0.4, 0.5) is 0 Å². The van der Waals surface area contributed by atoms with Gasteiger partial charge >= 0.3 is 0 Å². The van der Waals surface area contributed by atoms with E-state index in [1.807, 2.05) is 6.92 Å². The Morgan fingerprint density at radius 3 is 2.50 bits per heavy atom. The largest absolute Gasteiger partial charge is 0.355 e. The Hall–Kier alpha value is -0.610. The van der Waals surface area contributed by atoms with Crippen LogP contribution in [0, 0.1) is 11.8 Å². The van der Waals surface area contributed by atoms with E-state index >= 15 is 0 Å². The van der Waals surface area contributed by atoms with Gasteiger partial charge in [-0.1, -0.05) is 20.8 Å². The highest BCUT2D eigenvalue weighted by Crippen LogP contribution is 2.15. The van der Waals surface area contributed by atoms with E-state index in [4.69, 9.17) is 0 Å². The predicted molar refractivity (Wildman–Crippen MR) is 66.3 cm³/mol. The third kappa shape index (κ3) is 3.76. The van der Waals surface area contributed by atoms with E-state index in [9.17, 15) is 4.79 Å². The van der Waals surface area contributed by atoms with Gasteiger partial charge in [0.1, 0.15) is 0 Å². The summed E-state index contributed by atoms with van der Waals surface area (Å²) in [7, 11) is 0. The van der Waals surface area contributed by atoms with E-state index in [-0.39, 0.29) is 11.8 Å². The normalized spacial score (nSPS) is 18.2. The van der Waals surface area contributed by atoms with E-state index in [0.29, 0.717) is 5.92 Å². The molecule has 0 aliphatic carbocycles. The molecule has 0 bridgehead atoms. The molecule has 1 saturated heterocycles. The number of likely N-dealkylation sites (N-methyl/N-ethyl adjacent to an activating group) is 1. The van der Waals surface area contributed by atoms with Gasteiger partial charge in [0.2, 0.25) is 5.91 Å². The molecule has 0 radical (unpaired) electrons. The van der Waals surface area contributed by atoms with Crippen LogP contribution in [0.15, 0.2) is 0 Å². The molecule has 0 aromatic carbocycles. The molecule has 1 heterocycles. The third-order valence-electron chi connectivity index (χ3n) is 3.56. The van der Waals surface area contributed by atoms with Gasteiger partial charge in [0.25, 0.3) is 0 Å². The average Bonchev–Trinajstić information content (AvgIpc) is 2.21. The van der Waals surface area contributed by atoms with E-state index in [1.54, 1.807) is 0 Å². The van der Waals surface area contributed by atoms with Crippen LogP contribution in [-0.4, -0.2) is 50.1 Å². The number of carbonyl (C=O) groups excluding carboxylic acids is 1. The maximum absolute atomic E-state index is 11.8. The van der Waals surface area contributed by atoms with Crippen molar-refractivity contribution in [2.24, 2.45) is 11.8 Å². The molecule has 1 amide bonds. The number of hydrogen-bond donors (Lipinski definition) is 2. The second kappa shape index (κ2) is 6.86. The molecule has 0 aromatic heterocycles. The summed E-state index contributed by atoms with van der Waals surface area (Å²) in [6.07, 6.45) is 0. The lowest BCUT2D eigenvalue weighted by atomic mass is 9.88. The first-order valence-corrected chi connectivity index (χ1v) is 6.39. The fourth-order valence-corrected chi connectivity index (χ4v) is 1.92. The van der Waals surface area contributed by atoms with Crippen molar-refractivity contribution in [2.75, 3.05) is 39.3 Å². The highest BCUT2D eigenvalue weighted by Gasteiger charge is 2.28. The fraction of sp³-hybridized carbons (Fsp3) is 0.917. The molecule has 1 fully saturated rings. The predicted octanol–water partition coefficient (Wildman–Crippen LogP) is 0.300. The van der Waals surface area contributed by atoms with Gasteiger partial charge in [0, 0.05) is 19.0 Å². The minimum atomic E-state index is 0.151. The highest BCUT2D eigenvalue weighted by molar-refractivity contribution is 5.78. The molecular weight excluding hydrogens is 202 g/mol. The van der Waals surface area contributed by atoms with Crippen molar-refractivity contribution >= 4 is 5.91 Å². The SMILES string of the molecule is CCN(CC)CCNC(=O)C(C)C1CNC1. The maximum atomic E-state index is 11.8. The van der Waals surface area contributed by atoms with Gasteiger partial charge in [-0.05, 0) is 32.1 Å². The van der Waals surface area contributed by atoms with Gasteiger partial charge in [-0.2, -0.15) is 0 Å². The summed E-state index contributed by atoms with van der Waals surface area (Å²) >= 11 is 0. The summed E-state index contributed by atoms with van der Waals surface area (Å²) in [5, 5.41) is 6.22. The molecule has 1 aliphatic heterocycles. The molecule has 4 heteroatoms. The van der Waals surface area contributed by atoms with Crippen LogP contribution in [0.25, 0.3) is 0 Å². The Bertz CT molecular complexity index is 212. The van der Waals surface area contributed by atoms with Crippen LogP contribution in [0.5, 0.6) is 0 Å². The van der Waals surface area contributed by atoms with Crippen LogP contribution < -0.4 is 10.6 Å². The molecule has 1 atom stereocenters. The highest BCUT2D eigenvalue weighted by atomic mass is 16.1. The molecule has 0 aromatic rings. The Morgan fingerprint density at radius 1 is 1.44 bits per heavy atom. The first-order chi connectivity index (χ1) is 7.69. The van der Waals surface area contributed by atoms with Crippen LogP contribution in [-0.2, 0) is 4.79 Å². The van der Waals surface area contributed by atoms with Gasteiger partial charge in [0.05, 0.1) is 0 Å². The third-order valence-corrected chi connectivity index (χ3v) is 3.56. The first-order valence-electron chi connectivity index (χ1n) is 6.39. The maximum Gasteiger partial charge on any atom is 0.223 e. The fourth-order valence-electron chi connectivity index (χ4n) is 1.92. The summed E-state index contributed by atoms with van der Waals surface area (Å²) in [6.45, 7) is 12.1. The smallest absolute Gasteiger partial charge is 0.223 e. The number of nitrogens with one attached hydrogen (secondary N) is 2. The molecule has 1 rings (SSSR count). The van der Waals surface area contributed by atoms with Gasteiger partial charge in [-0.15, -0.1) is 0 Å². The molecule has 0 saturated carbocycles. The van der Waals surface area contributed by atoms with Crippen LogP contribution in [0.2, 0.25) is 0 Å². The van der Waals surface area contributed by atoms with Gasteiger partial charge < -0.3 is 15.5 Å². The summed E-state index contributed by atoms with van der Waals surface area (Å²) in [5.41, 5.74) is 0. The van der Waals surface area contributed by atoms with E-state index in [2.05, 4.69) is 29.4 Å². The Balaban J connectivity index is 2.13. The lowest BCUT2D eigenvalue weighted by molar-refractivity contribution is -0.126. The molecule has 0 spiro atoms. The van der Waals surface area contributed by atoms with Gasteiger partial charge in [-0.25, -0.2) is 0 Å². The molecule has 94 valence electrons. The average molecular weight is 227 g/mol. The Labute approximate surface area is 98.8 Å². The second-order valence-corrected chi connectivity index (χ2v) is 4.52. The Kier molecular flexibility index (Phi) is 5.77. The lowest BCUT2D eigenvalue weighted by Crippen LogP contribution is -2.50. The first kappa shape index (κ1) is 13.5. The quantitative estimate of drug-likeness (QED) is 0.657. The zero-order valence-electron chi connectivity index (χ0n) is 10.8. The molecule has 1 aliphatic rings. The number of amides is 1. The van der Waals surface area contributed by atoms with Gasteiger partial charge in [0.15, 0.2) is 0 Å². The minimum absolute atomic E-state index is 0.151. The molecule has 16 heavy (non-hydrogen) atoms. The van der Waals surface area contributed by atoms with Crippen LogP contribution >= 0.6 is 0 Å². The van der Waals surface area contributed by atoms with Gasteiger partial charge in [-0.3, -0.25) is 4.79 Å². The molecule has 4 nitrogen and oxygen atoms in total. The number of carbonyl (C=O) groups is 1. The monoisotopic (exact) mass is 227 g/mol. The van der Waals surface area contributed by atoms with Crippen molar-refractivity contribution in [1.82, 2.24) is 15.5 Å². The van der Waals surface area contributed by atoms with Crippen molar-refractivity contribution in [3.8, 4) is 0 Å². The summed E-state index contributed by atoms with van der Waals surface area (Å²) in [4.78, 5) is 14.1. The van der Waals surface area contributed by atoms with Crippen molar-refractivity contribution in [1.29, 1.82) is 0 Å². The second-order valence-electron chi connectivity index (χ2n) is 4.52. The van der Waals surface area contributed by atoms with Crippen molar-refractivity contribution in [3.05, 3.63) is 0 Å². The lowest BCUT2D eigenvalue weighted by Gasteiger charge is -2.31. The topological polar surface area (TPSA) is 44.4 Å². The summed E-state index contributed by atoms with van der Waals surface area (Å²) in [5.74, 6) is 0.894. The number of nitrogens with zero attached hydrogens (tertiary/aromatic N) is 1. The molecule has 2 N–H and O–H groups in total. The zero-order valence-corrected chi connectivity index (χ0v) is 10.8. The number of rotatable bonds is 7.